The highest BCUT2D eigenvalue weighted by Crippen LogP contribution is 2.79. The lowest BCUT2D eigenvalue weighted by atomic mass is 9.28. The molecule has 3 atom stereocenters. The van der Waals surface area contributed by atoms with Gasteiger partial charge in [-0.2, -0.15) is 0 Å². The maximum Gasteiger partial charge on any atom is 0.129 e. The van der Waals surface area contributed by atoms with E-state index in [9.17, 15) is 0 Å². The predicted octanol–water partition coefficient (Wildman–Crippen LogP) is 7.85. The molecule has 8 aliphatic carbocycles. The van der Waals surface area contributed by atoms with Crippen LogP contribution in [0.5, 0.6) is 0 Å². The van der Waals surface area contributed by atoms with Crippen molar-refractivity contribution in [1.29, 1.82) is 0 Å². The van der Waals surface area contributed by atoms with E-state index in [-0.39, 0.29) is 5.41 Å². The van der Waals surface area contributed by atoms with Crippen LogP contribution in [0.2, 0.25) is 19.6 Å². The van der Waals surface area contributed by atoms with E-state index in [0.29, 0.717) is 10.8 Å². The molecule has 0 radical (unpaired) electrons. The van der Waals surface area contributed by atoms with Crippen molar-refractivity contribution >= 4 is 8.07 Å². The van der Waals surface area contributed by atoms with Crippen molar-refractivity contribution in [2.45, 2.75) is 95.7 Å². The molecule has 1 aromatic carbocycles. The SMILES string of the molecule is C[Si](C)(C)C#CC1(c2ccccc2)C2CC3CC(C2)CC1(C12CC4CC(CC(C4)C1)C2)C3. The molecule has 1 aromatic rings. The maximum atomic E-state index is 4.31. The minimum Gasteiger partial charge on any atom is -0.131 e. The van der Waals surface area contributed by atoms with Crippen LogP contribution < -0.4 is 0 Å². The van der Waals surface area contributed by atoms with Crippen molar-refractivity contribution in [1.82, 2.24) is 0 Å². The predicted molar refractivity (Wildman–Crippen MR) is 136 cm³/mol. The maximum absolute atomic E-state index is 4.31. The van der Waals surface area contributed by atoms with Gasteiger partial charge in [0, 0.05) is 0 Å². The van der Waals surface area contributed by atoms with E-state index in [2.05, 4.69) is 61.4 Å². The lowest BCUT2D eigenvalue weighted by molar-refractivity contribution is -0.230. The Labute approximate surface area is 197 Å². The first kappa shape index (κ1) is 20.4. The minimum absolute atomic E-state index is 0.119. The molecule has 0 spiro atoms. The third-order valence-corrected chi connectivity index (χ3v) is 12.3. The fourth-order valence-corrected chi connectivity index (χ4v) is 11.9. The molecule has 8 bridgehead atoms. The van der Waals surface area contributed by atoms with E-state index >= 15 is 0 Å². The van der Waals surface area contributed by atoms with Crippen LogP contribution in [0.15, 0.2) is 30.3 Å². The molecule has 9 rings (SSSR count). The third-order valence-electron chi connectivity index (χ3n) is 11.5. The Kier molecular flexibility index (Phi) is 4.18. The Hall–Kier alpha value is -1.00. The summed E-state index contributed by atoms with van der Waals surface area (Å²) in [5.41, 5.74) is 6.80. The highest BCUT2D eigenvalue weighted by Gasteiger charge is 2.73. The van der Waals surface area contributed by atoms with Gasteiger partial charge in [-0.05, 0) is 123 Å². The molecule has 8 aliphatic rings. The van der Waals surface area contributed by atoms with Gasteiger partial charge in [-0.15, -0.1) is 5.54 Å². The van der Waals surface area contributed by atoms with Gasteiger partial charge in [-0.1, -0.05) is 55.9 Å². The van der Waals surface area contributed by atoms with Crippen LogP contribution in [0.1, 0.15) is 76.2 Å². The lowest BCUT2D eigenvalue weighted by Gasteiger charge is -2.75. The molecule has 0 N–H and O–H groups in total. The quantitative estimate of drug-likeness (QED) is 0.323. The van der Waals surface area contributed by atoms with E-state index in [4.69, 9.17) is 0 Å². The summed E-state index contributed by atoms with van der Waals surface area (Å²) in [6, 6.07) is 11.9. The monoisotopic (exact) mass is 442 g/mol. The van der Waals surface area contributed by atoms with Crippen LogP contribution in [0.25, 0.3) is 0 Å². The summed E-state index contributed by atoms with van der Waals surface area (Å²) in [6.07, 6.45) is 16.8. The summed E-state index contributed by atoms with van der Waals surface area (Å²) < 4.78 is 0. The Morgan fingerprint density at radius 2 is 1.19 bits per heavy atom. The molecule has 1 heteroatoms. The van der Waals surface area contributed by atoms with Crippen LogP contribution in [0.4, 0.5) is 0 Å². The highest BCUT2D eigenvalue weighted by molar-refractivity contribution is 6.83. The summed E-state index contributed by atoms with van der Waals surface area (Å²) in [5.74, 6) is 10.2. The van der Waals surface area contributed by atoms with Crippen LogP contribution in [0.3, 0.4) is 0 Å². The molecule has 0 aromatic heterocycles. The summed E-state index contributed by atoms with van der Waals surface area (Å²) in [5, 5.41) is 0. The van der Waals surface area contributed by atoms with Crippen molar-refractivity contribution < 1.29 is 0 Å². The van der Waals surface area contributed by atoms with Crippen molar-refractivity contribution in [3.8, 4) is 11.5 Å². The Balaban J connectivity index is 1.49. The van der Waals surface area contributed by atoms with E-state index in [0.717, 1.165) is 35.5 Å². The van der Waals surface area contributed by atoms with Gasteiger partial charge in [-0.3, -0.25) is 0 Å². The number of hydrogen-bond donors (Lipinski definition) is 0. The minimum atomic E-state index is -1.46. The van der Waals surface area contributed by atoms with Gasteiger partial charge in [0.25, 0.3) is 0 Å². The molecule has 0 aliphatic heterocycles. The molecule has 32 heavy (non-hydrogen) atoms. The van der Waals surface area contributed by atoms with Crippen molar-refractivity contribution in [3.63, 3.8) is 0 Å². The molecule has 8 saturated carbocycles. The van der Waals surface area contributed by atoms with Gasteiger partial charge in [-0.25, -0.2) is 0 Å². The second kappa shape index (κ2) is 6.56. The number of hydrogen-bond acceptors (Lipinski definition) is 0. The Bertz CT molecular complexity index is 922. The molecule has 170 valence electrons. The summed E-state index contributed by atoms with van der Waals surface area (Å²) in [6.45, 7) is 7.39. The van der Waals surface area contributed by atoms with Crippen molar-refractivity contribution in [2.24, 2.45) is 46.3 Å². The third kappa shape index (κ3) is 2.63. The number of rotatable bonds is 2. The first-order valence-electron chi connectivity index (χ1n) is 13.9. The van der Waals surface area contributed by atoms with Crippen LogP contribution in [-0.4, -0.2) is 8.07 Å². The van der Waals surface area contributed by atoms with Gasteiger partial charge in [0.1, 0.15) is 8.07 Å². The molecule has 0 saturated heterocycles. The molecule has 0 amide bonds. The number of benzene rings is 1. The standard InChI is InChI=1S/C31H42Si/c1-32(2,3)10-9-31(27-7-5-4-6-8-27)28-15-25-14-26(16-28)21-30(31,20-25)29-17-22-11-23(18-29)13-24(12-22)19-29/h4-8,22-26,28H,11-21H2,1-3H3. The topological polar surface area (TPSA) is 0 Å². The van der Waals surface area contributed by atoms with Gasteiger partial charge in [0.2, 0.25) is 0 Å². The van der Waals surface area contributed by atoms with E-state index in [1.54, 1.807) is 44.1 Å². The first-order chi connectivity index (χ1) is 15.3. The second-order valence-corrected chi connectivity index (χ2v) is 19.2. The largest absolute Gasteiger partial charge is 0.131 e. The van der Waals surface area contributed by atoms with Crippen LogP contribution in [-0.2, 0) is 5.41 Å². The summed E-state index contributed by atoms with van der Waals surface area (Å²) in [4.78, 5) is 0. The van der Waals surface area contributed by atoms with E-state index < -0.39 is 8.07 Å². The molecule has 0 nitrogen and oxygen atoms in total. The smallest absolute Gasteiger partial charge is 0.129 e. The second-order valence-electron chi connectivity index (χ2n) is 14.5. The summed E-state index contributed by atoms with van der Waals surface area (Å²) >= 11 is 0. The summed E-state index contributed by atoms with van der Waals surface area (Å²) in [7, 11) is -1.46. The zero-order valence-electron chi connectivity index (χ0n) is 20.6. The van der Waals surface area contributed by atoms with Crippen LogP contribution >= 0.6 is 0 Å². The molecule has 8 fully saturated rings. The lowest BCUT2D eigenvalue weighted by Crippen LogP contribution is -2.70. The van der Waals surface area contributed by atoms with Crippen LogP contribution in [0, 0.1) is 57.8 Å². The first-order valence-corrected chi connectivity index (χ1v) is 17.4. The average molecular weight is 443 g/mol. The molecular formula is C31H42Si. The highest BCUT2D eigenvalue weighted by atomic mass is 28.3. The fourth-order valence-electron chi connectivity index (χ4n) is 11.4. The van der Waals surface area contributed by atoms with Crippen molar-refractivity contribution in [3.05, 3.63) is 35.9 Å². The zero-order valence-corrected chi connectivity index (χ0v) is 21.6. The normalized spacial score (nSPS) is 50.3. The average Bonchev–Trinajstić information content (AvgIpc) is 2.72. The van der Waals surface area contributed by atoms with Gasteiger partial charge in [0.05, 0.1) is 5.41 Å². The molecular weight excluding hydrogens is 400 g/mol. The molecule has 3 unspecified atom stereocenters. The fraction of sp³-hybridized carbons (Fsp3) is 0.742. The van der Waals surface area contributed by atoms with E-state index in [1.807, 2.05) is 0 Å². The van der Waals surface area contributed by atoms with Gasteiger partial charge in [0.15, 0.2) is 0 Å². The van der Waals surface area contributed by atoms with Gasteiger partial charge < -0.3 is 0 Å². The van der Waals surface area contributed by atoms with Gasteiger partial charge >= 0.3 is 0 Å². The van der Waals surface area contributed by atoms with Crippen molar-refractivity contribution in [2.75, 3.05) is 0 Å². The Morgan fingerprint density at radius 1 is 0.688 bits per heavy atom. The van der Waals surface area contributed by atoms with E-state index in [1.165, 1.54) is 32.1 Å². The molecule has 0 heterocycles. The zero-order chi connectivity index (χ0) is 21.8. The Morgan fingerprint density at radius 3 is 1.69 bits per heavy atom.